The number of hydrogen-bond donors (Lipinski definition) is 0. The van der Waals surface area contributed by atoms with Gasteiger partial charge in [-0.2, -0.15) is 0 Å². The minimum atomic E-state index is -0.249. The van der Waals surface area contributed by atoms with Crippen molar-refractivity contribution in [1.82, 2.24) is 9.80 Å². The Balaban J connectivity index is 1.53. The average Bonchev–Trinajstić information content (AvgIpc) is 2.83. The number of benzene rings is 2. The summed E-state index contributed by atoms with van der Waals surface area (Å²) in [7, 11) is 0. The van der Waals surface area contributed by atoms with Crippen LogP contribution >= 0.6 is 0 Å². The average molecular weight is 354 g/mol. The molecule has 0 N–H and O–H groups in total. The number of halogens is 1. The zero-order chi connectivity index (χ0) is 18.4. The van der Waals surface area contributed by atoms with E-state index in [0.29, 0.717) is 25.6 Å². The molecule has 4 heteroatoms. The largest absolute Gasteiger partial charge is 0.337 e. The first-order valence-corrected chi connectivity index (χ1v) is 9.42. The lowest BCUT2D eigenvalue weighted by molar-refractivity contribution is -0.130. The Labute approximate surface area is 155 Å². The zero-order valence-corrected chi connectivity index (χ0v) is 15.4. The van der Waals surface area contributed by atoms with E-state index in [9.17, 15) is 9.18 Å². The highest BCUT2D eigenvalue weighted by Gasteiger charge is 2.23. The predicted molar refractivity (Wildman–Crippen MR) is 102 cm³/mol. The summed E-state index contributed by atoms with van der Waals surface area (Å²) < 4.78 is 13.4. The van der Waals surface area contributed by atoms with Crippen molar-refractivity contribution in [2.75, 3.05) is 19.6 Å². The van der Waals surface area contributed by atoms with Crippen molar-refractivity contribution in [3.8, 4) is 0 Å². The molecule has 1 fully saturated rings. The summed E-state index contributed by atoms with van der Waals surface area (Å²) in [6, 6.07) is 17.5. The molecule has 0 bridgehead atoms. The molecule has 2 aromatic rings. The van der Waals surface area contributed by atoms with Crippen LogP contribution in [0.4, 0.5) is 4.39 Å². The van der Waals surface area contributed by atoms with Crippen LogP contribution in [0.3, 0.4) is 0 Å². The molecule has 0 radical (unpaired) electrons. The highest BCUT2D eigenvalue weighted by molar-refractivity contribution is 5.76. The fourth-order valence-electron chi connectivity index (χ4n) is 3.55. The third-order valence-electron chi connectivity index (χ3n) is 5.20. The monoisotopic (exact) mass is 354 g/mol. The van der Waals surface area contributed by atoms with E-state index < -0.39 is 0 Å². The third-order valence-corrected chi connectivity index (χ3v) is 5.20. The normalized spacial score (nSPS) is 17.2. The van der Waals surface area contributed by atoms with Gasteiger partial charge in [-0.1, -0.05) is 42.5 Å². The van der Waals surface area contributed by atoms with Gasteiger partial charge in [0.15, 0.2) is 0 Å². The summed E-state index contributed by atoms with van der Waals surface area (Å²) in [6.45, 7) is 5.11. The molecule has 1 aliphatic rings. The van der Waals surface area contributed by atoms with E-state index in [4.69, 9.17) is 0 Å². The van der Waals surface area contributed by atoms with Crippen LogP contribution in [-0.4, -0.2) is 41.4 Å². The lowest BCUT2D eigenvalue weighted by Gasteiger charge is -2.27. The topological polar surface area (TPSA) is 23.6 Å². The van der Waals surface area contributed by atoms with Gasteiger partial charge in [-0.15, -0.1) is 0 Å². The lowest BCUT2D eigenvalue weighted by Crippen LogP contribution is -2.37. The molecule has 138 valence electrons. The van der Waals surface area contributed by atoms with Crippen molar-refractivity contribution in [1.29, 1.82) is 0 Å². The van der Waals surface area contributed by atoms with Gasteiger partial charge >= 0.3 is 0 Å². The third kappa shape index (κ3) is 5.15. The molecule has 0 aromatic heterocycles. The smallest absolute Gasteiger partial charge is 0.224 e. The molecule has 3 nitrogen and oxygen atoms in total. The molecule has 1 saturated heterocycles. The summed E-state index contributed by atoms with van der Waals surface area (Å²) in [5.41, 5.74) is 2.21. The molecule has 1 heterocycles. The highest BCUT2D eigenvalue weighted by atomic mass is 19.1. The first kappa shape index (κ1) is 18.6. The quantitative estimate of drug-likeness (QED) is 0.786. The number of carbonyl (C=O) groups is 1. The van der Waals surface area contributed by atoms with Gasteiger partial charge in [0.1, 0.15) is 5.82 Å². The molecule has 26 heavy (non-hydrogen) atoms. The van der Waals surface area contributed by atoms with Crippen LogP contribution in [0.2, 0.25) is 0 Å². The fraction of sp³-hybridized carbons (Fsp3) is 0.409. The summed E-state index contributed by atoms with van der Waals surface area (Å²) in [6.07, 6.45) is 2.67. The van der Waals surface area contributed by atoms with Crippen LogP contribution in [-0.2, 0) is 17.8 Å². The van der Waals surface area contributed by atoms with E-state index in [1.54, 1.807) is 6.07 Å². The molecule has 1 unspecified atom stereocenters. The Kier molecular flexibility index (Phi) is 6.40. The van der Waals surface area contributed by atoms with E-state index in [1.165, 1.54) is 17.7 Å². The van der Waals surface area contributed by atoms with Crippen LogP contribution in [0.5, 0.6) is 0 Å². The summed E-state index contributed by atoms with van der Waals surface area (Å²) in [4.78, 5) is 16.7. The second-order valence-corrected chi connectivity index (χ2v) is 7.10. The number of amides is 1. The Morgan fingerprint density at radius 1 is 1.00 bits per heavy atom. The summed E-state index contributed by atoms with van der Waals surface area (Å²) >= 11 is 0. The second-order valence-electron chi connectivity index (χ2n) is 7.10. The predicted octanol–water partition coefficient (Wildman–Crippen LogP) is 3.88. The van der Waals surface area contributed by atoms with Crippen molar-refractivity contribution < 1.29 is 9.18 Å². The van der Waals surface area contributed by atoms with Gasteiger partial charge in [-0.25, -0.2) is 4.39 Å². The van der Waals surface area contributed by atoms with E-state index in [2.05, 4.69) is 36.1 Å². The molecule has 0 spiro atoms. The second kappa shape index (κ2) is 8.95. The number of nitrogens with zero attached hydrogens (tertiary/aromatic N) is 2. The van der Waals surface area contributed by atoms with Gasteiger partial charge in [-0.3, -0.25) is 9.69 Å². The van der Waals surface area contributed by atoms with Crippen LogP contribution in [0.25, 0.3) is 0 Å². The van der Waals surface area contributed by atoms with E-state index >= 15 is 0 Å². The number of rotatable bonds is 6. The van der Waals surface area contributed by atoms with Crippen molar-refractivity contribution in [3.05, 3.63) is 71.5 Å². The Morgan fingerprint density at radius 2 is 1.77 bits per heavy atom. The summed E-state index contributed by atoms with van der Waals surface area (Å²) in [5, 5.41) is 0. The SMILES string of the molecule is CC(CCc1ccccc1)N1CCC(=O)N(Cc2cccc(F)c2)CC1. The first-order valence-electron chi connectivity index (χ1n) is 9.42. The number of hydrogen-bond acceptors (Lipinski definition) is 2. The Bertz CT molecular complexity index is 719. The number of aryl methyl sites for hydroxylation is 1. The molecule has 1 aliphatic heterocycles. The van der Waals surface area contributed by atoms with Crippen molar-refractivity contribution in [2.45, 2.75) is 38.8 Å². The fourth-order valence-corrected chi connectivity index (χ4v) is 3.55. The van der Waals surface area contributed by atoms with Gasteiger partial charge in [0.05, 0.1) is 0 Å². The molecule has 0 saturated carbocycles. The van der Waals surface area contributed by atoms with Gasteiger partial charge in [0, 0.05) is 38.6 Å². The Hall–Kier alpha value is -2.20. The molecular weight excluding hydrogens is 327 g/mol. The highest BCUT2D eigenvalue weighted by Crippen LogP contribution is 2.15. The minimum Gasteiger partial charge on any atom is -0.337 e. The van der Waals surface area contributed by atoms with Crippen molar-refractivity contribution >= 4 is 5.91 Å². The molecule has 2 aromatic carbocycles. The van der Waals surface area contributed by atoms with Gasteiger partial charge in [-0.05, 0) is 43.0 Å². The maximum atomic E-state index is 13.4. The zero-order valence-electron chi connectivity index (χ0n) is 15.4. The van der Waals surface area contributed by atoms with E-state index in [-0.39, 0.29) is 11.7 Å². The lowest BCUT2D eigenvalue weighted by atomic mass is 10.1. The minimum absolute atomic E-state index is 0.159. The standard InChI is InChI=1S/C22H27FN2O/c1-18(10-11-19-6-3-2-4-7-19)24-13-12-22(26)25(15-14-24)17-20-8-5-9-21(23)16-20/h2-9,16,18H,10-15,17H2,1H3. The van der Waals surface area contributed by atoms with Crippen LogP contribution < -0.4 is 0 Å². The van der Waals surface area contributed by atoms with Gasteiger partial charge in [0.2, 0.25) is 5.91 Å². The maximum Gasteiger partial charge on any atom is 0.224 e. The molecule has 1 amide bonds. The molecule has 3 rings (SSSR count). The van der Waals surface area contributed by atoms with Crippen molar-refractivity contribution in [3.63, 3.8) is 0 Å². The number of carbonyl (C=O) groups excluding carboxylic acids is 1. The van der Waals surface area contributed by atoms with E-state index in [1.807, 2.05) is 17.0 Å². The maximum absolute atomic E-state index is 13.4. The van der Waals surface area contributed by atoms with Crippen LogP contribution in [0.15, 0.2) is 54.6 Å². The Morgan fingerprint density at radius 3 is 2.54 bits per heavy atom. The summed E-state index contributed by atoms with van der Waals surface area (Å²) in [5.74, 6) is -0.0899. The van der Waals surface area contributed by atoms with Gasteiger partial charge in [0.25, 0.3) is 0 Å². The molecular formula is C22H27FN2O. The van der Waals surface area contributed by atoms with Crippen molar-refractivity contribution in [2.24, 2.45) is 0 Å². The van der Waals surface area contributed by atoms with Crippen LogP contribution in [0, 0.1) is 5.82 Å². The van der Waals surface area contributed by atoms with Crippen LogP contribution in [0.1, 0.15) is 30.9 Å². The first-order chi connectivity index (χ1) is 12.6. The molecule has 0 aliphatic carbocycles. The van der Waals surface area contributed by atoms with Gasteiger partial charge < -0.3 is 4.90 Å². The molecule has 1 atom stereocenters. The van der Waals surface area contributed by atoms with E-state index in [0.717, 1.165) is 31.5 Å².